The molecule has 0 amide bonds. The Morgan fingerprint density at radius 1 is 1.42 bits per heavy atom. The molecule has 0 saturated heterocycles. The molecule has 0 saturated carbocycles. The fourth-order valence-corrected chi connectivity index (χ4v) is 1.90. The van der Waals surface area contributed by atoms with Gasteiger partial charge in [-0.25, -0.2) is 4.79 Å². The van der Waals surface area contributed by atoms with Crippen LogP contribution in [0.5, 0.6) is 0 Å². The van der Waals surface area contributed by atoms with Gasteiger partial charge in [-0.2, -0.15) is 13.2 Å². The Kier molecular flexibility index (Phi) is 5.22. The predicted octanol–water partition coefficient (Wildman–Crippen LogP) is 3.84. The van der Waals surface area contributed by atoms with Gasteiger partial charge in [-0.1, -0.05) is 15.9 Å². The summed E-state index contributed by atoms with van der Waals surface area (Å²) in [4.78, 5) is 11.7. The average molecular weight is 340 g/mol. The van der Waals surface area contributed by atoms with Gasteiger partial charge in [0, 0.05) is 16.6 Å². The largest absolute Gasteiger partial charge is 0.462 e. The summed E-state index contributed by atoms with van der Waals surface area (Å²) in [5.74, 6) is -0.673. The molecule has 106 valence electrons. The van der Waals surface area contributed by atoms with E-state index in [1.165, 1.54) is 6.07 Å². The first-order valence-corrected chi connectivity index (χ1v) is 6.29. The van der Waals surface area contributed by atoms with E-state index >= 15 is 0 Å². The third-order valence-electron chi connectivity index (χ3n) is 2.47. The first-order chi connectivity index (χ1) is 8.70. The van der Waals surface area contributed by atoms with Crippen molar-refractivity contribution in [2.75, 3.05) is 12.3 Å². The number of carbonyl (C=O) groups excluding carboxylic acids is 1. The van der Waals surface area contributed by atoms with Crippen molar-refractivity contribution < 1.29 is 22.7 Å². The van der Waals surface area contributed by atoms with Gasteiger partial charge in [-0.3, -0.25) is 0 Å². The van der Waals surface area contributed by atoms with E-state index in [2.05, 4.69) is 15.9 Å². The molecular formula is C12H13BrF3NO2. The summed E-state index contributed by atoms with van der Waals surface area (Å²) in [5.41, 5.74) is 6.89. The van der Waals surface area contributed by atoms with Crippen LogP contribution < -0.4 is 5.73 Å². The molecule has 0 heterocycles. The number of hydrogen-bond donors (Lipinski definition) is 1. The van der Waals surface area contributed by atoms with Crippen LogP contribution in [0.1, 0.15) is 28.8 Å². The van der Waals surface area contributed by atoms with Crippen LogP contribution in [-0.2, 0) is 4.74 Å². The molecule has 0 aliphatic rings. The second-order valence-electron chi connectivity index (χ2n) is 4.02. The summed E-state index contributed by atoms with van der Waals surface area (Å²) in [5, 5.41) is 0. The van der Waals surface area contributed by atoms with Crippen LogP contribution in [-0.4, -0.2) is 18.8 Å². The Hall–Kier alpha value is -1.24. The second kappa shape index (κ2) is 6.27. The highest BCUT2D eigenvalue weighted by molar-refractivity contribution is 9.10. The Bertz CT molecular complexity index is 475. The number of anilines is 1. The van der Waals surface area contributed by atoms with Crippen LogP contribution in [0.2, 0.25) is 0 Å². The maximum atomic E-state index is 11.9. The van der Waals surface area contributed by atoms with E-state index < -0.39 is 18.6 Å². The van der Waals surface area contributed by atoms with Gasteiger partial charge in [-0.15, -0.1) is 0 Å². The molecule has 0 fully saturated rings. The summed E-state index contributed by atoms with van der Waals surface area (Å²) in [6.45, 7) is 1.37. The van der Waals surface area contributed by atoms with Crippen molar-refractivity contribution in [3.8, 4) is 0 Å². The minimum Gasteiger partial charge on any atom is -0.462 e. The molecule has 1 aromatic carbocycles. The minimum absolute atomic E-state index is 0.249. The number of nitrogens with two attached hydrogens (primary N) is 1. The van der Waals surface area contributed by atoms with Crippen LogP contribution in [0.15, 0.2) is 16.6 Å². The van der Waals surface area contributed by atoms with Crippen LogP contribution in [0.4, 0.5) is 18.9 Å². The molecule has 0 bridgehead atoms. The van der Waals surface area contributed by atoms with Crippen molar-refractivity contribution in [2.24, 2.45) is 0 Å². The smallest absolute Gasteiger partial charge is 0.389 e. The number of hydrogen-bond acceptors (Lipinski definition) is 3. The summed E-state index contributed by atoms with van der Waals surface area (Å²) in [6.07, 6.45) is -5.46. The lowest BCUT2D eigenvalue weighted by Gasteiger charge is -2.10. The van der Waals surface area contributed by atoms with Crippen LogP contribution in [0.3, 0.4) is 0 Å². The van der Waals surface area contributed by atoms with E-state index in [1.54, 1.807) is 13.0 Å². The topological polar surface area (TPSA) is 52.3 Å². The molecule has 0 radical (unpaired) electrons. The summed E-state index contributed by atoms with van der Waals surface area (Å²) in [6, 6.07) is 3.16. The lowest BCUT2D eigenvalue weighted by Crippen LogP contribution is -2.12. The number of alkyl halides is 3. The van der Waals surface area contributed by atoms with Gasteiger partial charge in [0.15, 0.2) is 0 Å². The summed E-state index contributed by atoms with van der Waals surface area (Å²) < 4.78 is 41.1. The molecule has 0 unspecified atom stereocenters. The van der Waals surface area contributed by atoms with E-state index in [0.29, 0.717) is 15.7 Å². The zero-order valence-corrected chi connectivity index (χ0v) is 11.8. The molecule has 0 aliphatic carbocycles. The molecule has 0 atom stereocenters. The Morgan fingerprint density at radius 2 is 2.05 bits per heavy atom. The van der Waals surface area contributed by atoms with Gasteiger partial charge in [0.2, 0.25) is 0 Å². The number of rotatable bonds is 4. The van der Waals surface area contributed by atoms with E-state index in [0.717, 1.165) is 0 Å². The molecule has 0 spiro atoms. The van der Waals surface area contributed by atoms with Crippen molar-refractivity contribution in [2.45, 2.75) is 25.9 Å². The number of nitrogen functional groups attached to an aromatic ring is 1. The lowest BCUT2D eigenvalue weighted by molar-refractivity contribution is -0.137. The van der Waals surface area contributed by atoms with Crippen molar-refractivity contribution in [3.63, 3.8) is 0 Å². The highest BCUT2D eigenvalue weighted by atomic mass is 79.9. The van der Waals surface area contributed by atoms with Gasteiger partial charge in [0.25, 0.3) is 0 Å². The molecule has 1 aromatic rings. The highest BCUT2D eigenvalue weighted by Gasteiger charge is 2.26. The third kappa shape index (κ3) is 5.10. The summed E-state index contributed by atoms with van der Waals surface area (Å²) >= 11 is 3.19. The maximum absolute atomic E-state index is 11.9. The standard InChI is InChI=1S/C12H13BrF3NO2/c1-7-9(5-8(13)6-10(7)17)11(18)19-4-2-3-12(14,15)16/h5-6H,2-4,17H2,1H3. The quantitative estimate of drug-likeness (QED) is 0.515. The molecule has 3 nitrogen and oxygen atoms in total. The molecular weight excluding hydrogens is 327 g/mol. The SMILES string of the molecule is Cc1c(N)cc(Br)cc1C(=O)OCCCC(F)(F)F. The van der Waals surface area contributed by atoms with E-state index in [1.807, 2.05) is 0 Å². The van der Waals surface area contributed by atoms with Crippen molar-refractivity contribution in [1.82, 2.24) is 0 Å². The number of esters is 1. The van der Waals surface area contributed by atoms with Crippen LogP contribution in [0.25, 0.3) is 0 Å². The number of carbonyl (C=O) groups is 1. The van der Waals surface area contributed by atoms with Crippen molar-refractivity contribution in [3.05, 3.63) is 27.7 Å². The van der Waals surface area contributed by atoms with E-state index in [-0.39, 0.29) is 18.6 Å². The molecule has 0 aromatic heterocycles. The normalized spacial score (nSPS) is 11.4. The van der Waals surface area contributed by atoms with Gasteiger partial charge < -0.3 is 10.5 Å². The van der Waals surface area contributed by atoms with E-state index in [4.69, 9.17) is 10.5 Å². The summed E-state index contributed by atoms with van der Waals surface area (Å²) in [7, 11) is 0. The third-order valence-corrected chi connectivity index (χ3v) is 2.93. The fourth-order valence-electron chi connectivity index (χ4n) is 1.43. The average Bonchev–Trinajstić information content (AvgIpc) is 2.27. The van der Waals surface area contributed by atoms with E-state index in [9.17, 15) is 18.0 Å². The van der Waals surface area contributed by atoms with Crippen molar-refractivity contribution in [1.29, 1.82) is 0 Å². The molecule has 0 aliphatic heterocycles. The van der Waals surface area contributed by atoms with Gasteiger partial charge in [-0.05, 0) is 31.0 Å². The first kappa shape index (κ1) is 15.8. The number of ether oxygens (including phenoxy) is 1. The molecule has 2 N–H and O–H groups in total. The maximum Gasteiger partial charge on any atom is 0.389 e. The first-order valence-electron chi connectivity index (χ1n) is 5.50. The molecule has 1 rings (SSSR count). The predicted molar refractivity (Wildman–Crippen MR) is 68.9 cm³/mol. The number of halogens is 4. The van der Waals surface area contributed by atoms with Gasteiger partial charge in [0.05, 0.1) is 12.2 Å². The van der Waals surface area contributed by atoms with Crippen LogP contribution in [0, 0.1) is 6.92 Å². The Labute approximate surface area is 117 Å². The zero-order valence-electron chi connectivity index (χ0n) is 10.2. The molecule has 7 heteroatoms. The highest BCUT2D eigenvalue weighted by Crippen LogP contribution is 2.24. The molecule has 19 heavy (non-hydrogen) atoms. The van der Waals surface area contributed by atoms with Gasteiger partial charge >= 0.3 is 12.1 Å². The lowest BCUT2D eigenvalue weighted by atomic mass is 10.1. The zero-order chi connectivity index (χ0) is 14.6. The Balaban J connectivity index is 2.60. The minimum atomic E-state index is -4.23. The number of benzene rings is 1. The fraction of sp³-hybridized carbons (Fsp3) is 0.417. The van der Waals surface area contributed by atoms with Crippen molar-refractivity contribution >= 4 is 27.6 Å². The second-order valence-corrected chi connectivity index (χ2v) is 4.94. The Morgan fingerprint density at radius 3 is 2.63 bits per heavy atom. The van der Waals surface area contributed by atoms with Crippen LogP contribution >= 0.6 is 15.9 Å². The monoisotopic (exact) mass is 339 g/mol. The van der Waals surface area contributed by atoms with Gasteiger partial charge in [0.1, 0.15) is 0 Å².